The van der Waals surface area contributed by atoms with Crippen LogP contribution < -0.4 is 10.6 Å². The first-order valence-electron chi connectivity index (χ1n) is 9.63. The second kappa shape index (κ2) is 8.69. The molecule has 1 aromatic heterocycles. The van der Waals surface area contributed by atoms with Crippen LogP contribution in [0.4, 0.5) is 9.18 Å². The van der Waals surface area contributed by atoms with Crippen LogP contribution in [0, 0.1) is 5.82 Å². The smallest absolute Gasteiger partial charge is 0.321 e. The minimum absolute atomic E-state index is 0.0187. The summed E-state index contributed by atoms with van der Waals surface area (Å²) in [5.41, 5.74) is 0.134. The third-order valence-electron chi connectivity index (χ3n) is 4.49. The molecular formula is C20H26FN5O3. The highest BCUT2D eigenvalue weighted by Gasteiger charge is 2.28. The van der Waals surface area contributed by atoms with Gasteiger partial charge in [-0.3, -0.25) is 15.0 Å². The van der Waals surface area contributed by atoms with E-state index in [1.807, 2.05) is 25.7 Å². The maximum atomic E-state index is 13.4. The number of piperidine rings is 1. The molecule has 3 amide bonds. The van der Waals surface area contributed by atoms with Crippen molar-refractivity contribution in [1.82, 2.24) is 25.7 Å². The number of imide groups is 1. The number of carbonyl (C=O) groups is 2. The first-order valence-corrected chi connectivity index (χ1v) is 9.63. The van der Waals surface area contributed by atoms with E-state index in [9.17, 15) is 14.0 Å². The molecule has 2 N–H and O–H groups in total. The molecule has 1 aliphatic heterocycles. The van der Waals surface area contributed by atoms with Crippen LogP contribution in [0.2, 0.25) is 0 Å². The van der Waals surface area contributed by atoms with E-state index in [-0.39, 0.29) is 24.2 Å². The molecule has 0 radical (unpaired) electrons. The Hall–Kier alpha value is -2.81. The SMILES string of the molecule is CC(C)(C)NC(=O)NC(=O)CN1CCCC(c2nc(-c3cccc(F)c3)no2)C1. The summed E-state index contributed by atoms with van der Waals surface area (Å²) in [6, 6.07) is 5.52. The Kier molecular flexibility index (Phi) is 6.26. The van der Waals surface area contributed by atoms with Gasteiger partial charge < -0.3 is 9.84 Å². The van der Waals surface area contributed by atoms with Crippen molar-refractivity contribution in [2.24, 2.45) is 0 Å². The number of amides is 3. The summed E-state index contributed by atoms with van der Waals surface area (Å²) in [7, 11) is 0. The predicted octanol–water partition coefficient (Wildman–Crippen LogP) is 2.68. The Morgan fingerprint density at radius 1 is 1.34 bits per heavy atom. The van der Waals surface area contributed by atoms with Gasteiger partial charge in [0.05, 0.1) is 12.5 Å². The second-order valence-corrected chi connectivity index (χ2v) is 8.29. The molecule has 1 saturated heterocycles. The largest absolute Gasteiger partial charge is 0.339 e. The lowest BCUT2D eigenvalue weighted by molar-refractivity contribution is -0.121. The van der Waals surface area contributed by atoms with Gasteiger partial charge in [-0.2, -0.15) is 4.98 Å². The van der Waals surface area contributed by atoms with Gasteiger partial charge in [-0.05, 0) is 52.3 Å². The standard InChI is InChI=1S/C20H26FN5O3/c1-20(2,3)24-19(28)22-16(27)12-26-9-5-7-14(11-26)18-23-17(25-29-18)13-6-4-8-15(21)10-13/h4,6,8,10,14H,5,7,9,11-12H2,1-3H3,(H2,22,24,27,28). The van der Waals surface area contributed by atoms with E-state index in [0.717, 1.165) is 19.4 Å². The molecular weight excluding hydrogens is 377 g/mol. The average Bonchev–Trinajstić information content (AvgIpc) is 3.10. The van der Waals surface area contributed by atoms with Crippen molar-refractivity contribution < 1.29 is 18.5 Å². The normalized spacial score (nSPS) is 17.7. The lowest BCUT2D eigenvalue weighted by atomic mass is 9.98. The second-order valence-electron chi connectivity index (χ2n) is 8.29. The van der Waals surface area contributed by atoms with E-state index in [4.69, 9.17) is 4.52 Å². The summed E-state index contributed by atoms with van der Waals surface area (Å²) < 4.78 is 18.8. The lowest BCUT2D eigenvalue weighted by Gasteiger charge is -2.30. The number of rotatable bonds is 4. The van der Waals surface area contributed by atoms with Gasteiger partial charge in [-0.25, -0.2) is 9.18 Å². The molecule has 9 heteroatoms. The Morgan fingerprint density at radius 2 is 2.14 bits per heavy atom. The van der Waals surface area contributed by atoms with Gasteiger partial charge in [-0.1, -0.05) is 17.3 Å². The van der Waals surface area contributed by atoms with Gasteiger partial charge in [0.25, 0.3) is 0 Å². The van der Waals surface area contributed by atoms with Gasteiger partial charge in [0.1, 0.15) is 5.82 Å². The fourth-order valence-corrected chi connectivity index (χ4v) is 3.29. The van der Waals surface area contributed by atoms with Gasteiger partial charge in [-0.15, -0.1) is 0 Å². The number of carbonyl (C=O) groups excluding carboxylic acids is 2. The molecule has 1 fully saturated rings. The molecule has 0 aliphatic carbocycles. The minimum atomic E-state index is -0.507. The molecule has 29 heavy (non-hydrogen) atoms. The first-order chi connectivity index (χ1) is 13.7. The molecule has 2 heterocycles. The van der Waals surface area contributed by atoms with Crippen molar-refractivity contribution in [2.45, 2.75) is 45.1 Å². The molecule has 1 atom stereocenters. The van der Waals surface area contributed by atoms with Crippen molar-refractivity contribution >= 4 is 11.9 Å². The molecule has 0 saturated carbocycles. The van der Waals surface area contributed by atoms with Crippen LogP contribution >= 0.6 is 0 Å². The predicted molar refractivity (Wildman–Crippen MR) is 105 cm³/mol. The molecule has 0 bridgehead atoms. The quantitative estimate of drug-likeness (QED) is 0.814. The number of hydrogen-bond donors (Lipinski definition) is 2. The van der Waals surface area contributed by atoms with Crippen LogP contribution in [0.25, 0.3) is 11.4 Å². The zero-order valence-electron chi connectivity index (χ0n) is 16.9. The summed E-state index contributed by atoms with van der Waals surface area (Å²) in [4.78, 5) is 30.4. The number of nitrogens with zero attached hydrogens (tertiary/aromatic N) is 3. The molecule has 3 rings (SSSR count). The first kappa shape index (κ1) is 20.9. The van der Waals surface area contributed by atoms with Crippen LogP contribution in [0.5, 0.6) is 0 Å². The van der Waals surface area contributed by atoms with Crippen LogP contribution in [0.3, 0.4) is 0 Å². The van der Waals surface area contributed by atoms with Gasteiger partial charge in [0.15, 0.2) is 0 Å². The minimum Gasteiger partial charge on any atom is -0.339 e. The van der Waals surface area contributed by atoms with Crippen LogP contribution in [-0.2, 0) is 4.79 Å². The molecule has 156 valence electrons. The third kappa shape index (κ3) is 6.08. The maximum absolute atomic E-state index is 13.4. The molecule has 2 aromatic rings. The highest BCUT2D eigenvalue weighted by Crippen LogP contribution is 2.27. The lowest BCUT2D eigenvalue weighted by Crippen LogP contribution is -2.51. The van der Waals surface area contributed by atoms with Crippen LogP contribution in [0.1, 0.15) is 45.4 Å². The van der Waals surface area contributed by atoms with Crippen molar-refractivity contribution in [3.63, 3.8) is 0 Å². The highest BCUT2D eigenvalue weighted by molar-refractivity contribution is 5.95. The fourth-order valence-electron chi connectivity index (χ4n) is 3.29. The van der Waals surface area contributed by atoms with Crippen LogP contribution in [-0.4, -0.2) is 52.2 Å². The van der Waals surface area contributed by atoms with E-state index < -0.39 is 11.6 Å². The summed E-state index contributed by atoms with van der Waals surface area (Å²) in [6.45, 7) is 6.95. The number of urea groups is 1. The van der Waals surface area contributed by atoms with E-state index in [0.29, 0.717) is 23.8 Å². The van der Waals surface area contributed by atoms with Gasteiger partial charge >= 0.3 is 6.03 Å². The number of halogens is 1. The summed E-state index contributed by atoms with van der Waals surface area (Å²) in [5, 5.41) is 9.01. The third-order valence-corrected chi connectivity index (χ3v) is 4.49. The molecule has 0 spiro atoms. The number of nitrogens with one attached hydrogen (secondary N) is 2. The average molecular weight is 403 g/mol. The number of benzene rings is 1. The Bertz CT molecular complexity index is 877. The number of likely N-dealkylation sites (tertiary alicyclic amines) is 1. The summed E-state index contributed by atoms with van der Waals surface area (Å²) in [6.07, 6.45) is 1.72. The zero-order valence-corrected chi connectivity index (χ0v) is 16.9. The maximum Gasteiger partial charge on any atom is 0.321 e. The van der Waals surface area contributed by atoms with Gasteiger partial charge in [0.2, 0.25) is 17.6 Å². The van der Waals surface area contributed by atoms with Gasteiger partial charge in [0, 0.05) is 17.6 Å². The Balaban J connectivity index is 1.57. The fraction of sp³-hybridized carbons (Fsp3) is 0.500. The molecule has 1 aliphatic rings. The highest BCUT2D eigenvalue weighted by atomic mass is 19.1. The van der Waals surface area contributed by atoms with E-state index >= 15 is 0 Å². The topological polar surface area (TPSA) is 100 Å². The van der Waals surface area contributed by atoms with Crippen molar-refractivity contribution in [3.8, 4) is 11.4 Å². The van der Waals surface area contributed by atoms with E-state index in [2.05, 4.69) is 20.8 Å². The summed E-state index contributed by atoms with van der Waals surface area (Å²) in [5.74, 6) is 0.0698. The Morgan fingerprint density at radius 3 is 2.86 bits per heavy atom. The Labute approximate surface area is 168 Å². The molecule has 1 aromatic carbocycles. The molecule has 8 nitrogen and oxygen atoms in total. The summed E-state index contributed by atoms with van der Waals surface area (Å²) >= 11 is 0. The van der Waals surface area contributed by atoms with Crippen molar-refractivity contribution in [2.75, 3.05) is 19.6 Å². The monoisotopic (exact) mass is 403 g/mol. The number of hydrogen-bond acceptors (Lipinski definition) is 6. The van der Waals surface area contributed by atoms with Crippen molar-refractivity contribution in [1.29, 1.82) is 0 Å². The van der Waals surface area contributed by atoms with E-state index in [1.54, 1.807) is 12.1 Å². The van der Waals surface area contributed by atoms with Crippen molar-refractivity contribution in [3.05, 3.63) is 36.0 Å². The zero-order chi connectivity index (χ0) is 21.0. The van der Waals surface area contributed by atoms with Crippen LogP contribution in [0.15, 0.2) is 28.8 Å². The molecule has 1 unspecified atom stereocenters. The van der Waals surface area contributed by atoms with E-state index in [1.165, 1.54) is 12.1 Å². The number of aromatic nitrogens is 2.